The molecule has 0 aromatic carbocycles. The van der Waals surface area contributed by atoms with Crippen molar-refractivity contribution in [2.75, 3.05) is 12.4 Å². The molecule has 0 saturated carbocycles. The van der Waals surface area contributed by atoms with Crippen LogP contribution >= 0.6 is 0 Å². The largest absolute Gasteiger partial charge is 0.481 e. The normalized spacial score (nSPS) is 10.4. The van der Waals surface area contributed by atoms with Crippen LogP contribution in [0.4, 0.5) is 5.95 Å². The third-order valence-corrected chi connectivity index (χ3v) is 2.92. The van der Waals surface area contributed by atoms with Gasteiger partial charge in [0, 0.05) is 37.1 Å². The number of methoxy groups -OCH3 is 1. The second-order valence-corrected chi connectivity index (χ2v) is 4.05. The number of aryl methyl sites for hydroxylation is 2. The summed E-state index contributed by atoms with van der Waals surface area (Å²) in [6.07, 6.45) is 1.66. The average molecular weight is 247 g/mol. The van der Waals surface area contributed by atoms with Crippen molar-refractivity contribution in [1.29, 1.82) is 0 Å². The fourth-order valence-electron chi connectivity index (χ4n) is 1.78. The molecule has 2 heterocycles. The van der Waals surface area contributed by atoms with E-state index in [4.69, 9.17) is 4.74 Å². The minimum Gasteiger partial charge on any atom is -0.481 e. The Bertz CT molecular complexity index is 549. The molecule has 1 N–H and O–H groups in total. The van der Waals surface area contributed by atoms with Crippen molar-refractivity contribution in [2.45, 2.75) is 20.4 Å². The van der Waals surface area contributed by atoms with Gasteiger partial charge >= 0.3 is 0 Å². The van der Waals surface area contributed by atoms with E-state index < -0.39 is 0 Å². The van der Waals surface area contributed by atoms with Crippen LogP contribution in [-0.4, -0.2) is 26.9 Å². The molecule has 0 spiro atoms. The molecule has 0 amide bonds. The minimum atomic E-state index is 0.548. The Kier molecular flexibility index (Phi) is 3.45. The molecule has 0 aliphatic rings. The first-order valence-electron chi connectivity index (χ1n) is 5.71. The first-order valence-corrected chi connectivity index (χ1v) is 5.71. The van der Waals surface area contributed by atoms with Gasteiger partial charge in [-0.25, -0.2) is 4.98 Å². The number of hydrogen-bond acceptors (Lipinski definition) is 5. The predicted octanol–water partition coefficient (Wildman–Crippen LogP) is 1.45. The second kappa shape index (κ2) is 5.03. The summed E-state index contributed by atoms with van der Waals surface area (Å²) in [6.45, 7) is 4.69. The van der Waals surface area contributed by atoms with Crippen LogP contribution in [0.3, 0.4) is 0 Å². The quantitative estimate of drug-likeness (QED) is 0.885. The molecule has 2 rings (SSSR count). The molecule has 0 aliphatic heterocycles. The van der Waals surface area contributed by atoms with E-state index >= 15 is 0 Å². The molecule has 18 heavy (non-hydrogen) atoms. The average Bonchev–Trinajstić information content (AvgIpc) is 2.61. The van der Waals surface area contributed by atoms with Crippen LogP contribution in [0, 0.1) is 13.8 Å². The van der Waals surface area contributed by atoms with Crippen LogP contribution in [0.1, 0.15) is 17.0 Å². The highest BCUT2D eigenvalue weighted by molar-refractivity contribution is 5.32. The van der Waals surface area contributed by atoms with Gasteiger partial charge in [-0.05, 0) is 13.8 Å². The van der Waals surface area contributed by atoms with E-state index in [0.717, 1.165) is 11.4 Å². The maximum Gasteiger partial charge on any atom is 0.226 e. The molecule has 0 radical (unpaired) electrons. The molecule has 0 fully saturated rings. The topological polar surface area (TPSA) is 64.9 Å². The Morgan fingerprint density at radius 1 is 1.39 bits per heavy atom. The van der Waals surface area contributed by atoms with Gasteiger partial charge in [0.15, 0.2) is 0 Å². The lowest BCUT2D eigenvalue weighted by Crippen LogP contribution is -2.05. The van der Waals surface area contributed by atoms with Crippen molar-refractivity contribution in [2.24, 2.45) is 7.05 Å². The van der Waals surface area contributed by atoms with Gasteiger partial charge in [-0.15, -0.1) is 0 Å². The maximum absolute atomic E-state index is 5.05. The molecule has 0 bridgehead atoms. The summed E-state index contributed by atoms with van der Waals surface area (Å²) in [7, 11) is 3.52. The van der Waals surface area contributed by atoms with Crippen molar-refractivity contribution in [3.8, 4) is 5.88 Å². The number of nitrogens with one attached hydrogen (secondary N) is 1. The highest BCUT2D eigenvalue weighted by atomic mass is 16.5. The van der Waals surface area contributed by atoms with E-state index in [1.807, 2.05) is 25.6 Å². The number of hydrogen-bond donors (Lipinski definition) is 1. The smallest absolute Gasteiger partial charge is 0.226 e. The molecule has 2 aromatic heterocycles. The monoisotopic (exact) mass is 247 g/mol. The van der Waals surface area contributed by atoms with Crippen molar-refractivity contribution < 1.29 is 4.74 Å². The zero-order valence-corrected chi connectivity index (χ0v) is 11.1. The Morgan fingerprint density at radius 3 is 2.78 bits per heavy atom. The van der Waals surface area contributed by atoms with E-state index in [-0.39, 0.29) is 0 Å². The van der Waals surface area contributed by atoms with E-state index in [1.165, 1.54) is 5.56 Å². The zero-order chi connectivity index (χ0) is 13.1. The van der Waals surface area contributed by atoms with E-state index in [0.29, 0.717) is 18.4 Å². The number of aromatic nitrogens is 4. The summed E-state index contributed by atoms with van der Waals surface area (Å²) >= 11 is 0. The van der Waals surface area contributed by atoms with Crippen LogP contribution in [0.15, 0.2) is 12.3 Å². The minimum absolute atomic E-state index is 0.548. The lowest BCUT2D eigenvalue weighted by atomic mass is 10.2. The van der Waals surface area contributed by atoms with Gasteiger partial charge in [0.2, 0.25) is 11.8 Å². The summed E-state index contributed by atoms with van der Waals surface area (Å²) in [4.78, 5) is 8.34. The zero-order valence-electron chi connectivity index (χ0n) is 11.1. The maximum atomic E-state index is 5.05. The van der Waals surface area contributed by atoms with Gasteiger partial charge in [0.1, 0.15) is 0 Å². The van der Waals surface area contributed by atoms with Gasteiger partial charge in [-0.3, -0.25) is 4.68 Å². The van der Waals surface area contributed by atoms with Crippen LogP contribution in [0.2, 0.25) is 0 Å². The number of ether oxygens (including phenoxy) is 1. The van der Waals surface area contributed by atoms with E-state index in [9.17, 15) is 0 Å². The molecule has 6 heteroatoms. The molecule has 0 aliphatic carbocycles. The summed E-state index contributed by atoms with van der Waals surface area (Å²) < 4.78 is 6.92. The molecular formula is C12H17N5O. The highest BCUT2D eigenvalue weighted by Crippen LogP contribution is 2.14. The second-order valence-electron chi connectivity index (χ2n) is 4.05. The number of rotatable bonds is 4. The van der Waals surface area contributed by atoms with Gasteiger partial charge in [-0.1, -0.05) is 0 Å². The lowest BCUT2D eigenvalue weighted by molar-refractivity contribution is 0.397. The number of anilines is 1. The van der Waals surface area contributed by atoms with Crippen molar-refractivity contribution in [3.63, 3.8) is 0 Å². The Hall–Kier alpha value is -2.11. The Balaban J connectivity index is 2.11. The summed E-state index contributed by atoms with van der Waals surface area (Å²) in [6, 6.07) is 1.71. The summed E-state index contributed by atoms with van der Waals surface area (Å²) in [5.41, 5.74) is 3.33. The standard InChI is InChI=1S/C12H17N5O/c1-8-10(9(2)17(3)16-8)7-14-12-13-6-5-11(15-12)18-4/h5-6H,7H2,1-4H3,(H,13,14,15). The fraction of sp³-hybridized carbons (Fsp3) is 0.417. The highest BCUT2D eigenvalue weighted by Gasteiger charge is 2.09. The summed E-state index contributed by atoms with van der Waals surface area (Å²) in [5, 5.41) is 7.54. The third kappa shape index (κ3) is 2.42. The van der Waals surface area contributed by atoms with E-state index in [1.54, 1.807) is 19.4 Å². The number of nitrogens with zero attached hydrogens (tertiary/aromatic N) is 4. The van der Waals surface area contributed by atoms with Gasteiger partial charge < -0.3 is 10.1 Å². The Labute approximate surface area is 106 Å². The molecule has 0 atom stereocenters. The van der Waals surface area contributed by atoms with Crippen molar-refractivity contribution in [3.05, 3.63) is 29.2 Å². The first kappa shape index (κ1) is 12.3. The summed E-state index contributed by atoms with van der Waals surface area (Å²) in [5.74, 6) is 1.10. The Morgan fingerprint density at radius 2 is 2.17 bits per heavy atom. The predicted molar refractivity (Wildman–Crippen MR) is 68.6 cm³/mol. The molecule has 2 aromatic rings. The lowest BCUT2D eigenvalue weighted by Gasteiger charge is -2.06. The first-order chi connectivity index (χ1) is 8.61. The molecule has 0 unspecified atom stereocenters. The van der Waals surface area contributed by atoms with Crippen LogP contribution in [0.25, 0.3) is 0 Å². The van der Waals surface area contributed by atoms with Gasteiger partial charge in [0.05, 0.1) is 12.8 Å². The van der Waals surface area contributed by atoms with Gasteiger partial charge in [-0.2, -0.15) is 10.1 Å². The SMILES string of the molecule is COc1ccnc(NCc2c(C)nn(C)c2C)n1. The fourth-order valence-corrected chi connectivity index (χ4v) is 1.78. The molecule has 6 nitrogen and oxygen atoms in total. The molecule has 0 saturated heterocycles. The van der Waals surface area contributed by atoms with Crippen molar-refractivity contribution >= 4 is 5.95 Å². The third-order valence-electron chi connectivity index (χ3n) is 2.92. The van der Waals surface area contributed by atoms with E-state index in [2.05, 4.69) is 20.4 Å². The van der Waals surface area contributed by atoms with Crippen LogP contribution < -0.4 is 10.1 Å². The van der Waals surface area contributed by atoms with Crippen LogP contribution in [-0.2, 0) is 13.6 Å². The van der Waals surface area contributed by atoms with Crippen molar-refractivity contribution in [1.82, 2.24) is 19.7 Å². The molecule has 96 valence electrons. The molecular weight excluding hydrogens is 230 g/mol. The van der Waals surface area contributed by atoms with Crippen LogP contribution in [0.5, 0.6) is 5.88 Å². The van der Waals surface area contributed by atoms with Gasteiger partial charge in [0.25, 0.3) is 0 Å².